The monoisotopic (exact) mass is 209 g/mol. The predicted molar refractivity (Wildman–Crippen MR) is 58.4 cm³/mol. The fraction of sp³-hybridized carbons (Fsp3) is 0. The van der Waals surface area contributed by atoms with Crippen LogP contribution in [0.25, 0.3) is 22.6 Å². The first-order valence-electron chi connectivity index (χ1n) is 4.78. The van der Waals surface area contributed by atoms with Crippen LogP contribution in [0.1, 0.15) is 0 Å². The van der Waals surface area contributed by atoms with Crippen LogP contribution < -0.4 is 0 Å². The van der Waals surface area contributed by atoms with Gasteiger partial charge in [-0.15, -0.1) is 0 Å². The third kappa shape index (κ3) is 1.38. The highest BCUT2D eigenvalue weighted by molar-refractivity contribution is 5.84. The van der Waals surface area contributed by atoms with Gasteiger partial charge in [-0.3, -0.25) is 4.98 Å². The molecule has 0 aromatic carbocycles. The molecule has 3 aromatic heterocycles. The van der Waals surface area contributed by atoms with Crippen molar-refractivity contribution in [1.82, 2.24) is 24.9 Å². The van der Waals surface area contributed by atoms with Gasteiger partial charge in [-0.25, -0.2) is 19.9 Å². The molecular weight excluding hydrogens is 202 g/mol. The lowest BCUT2D eigenvalue weighted by atomic mass is 10.2. The van der Waals surface area contributed by atoms with E-state index in [9.17, 15) is 0 Å². The van der Waals surface area contributed by atoms with E-state index in [4.69, 9.17) is 0 Å². The largest absolute Gasteiger partial charge is 0.255 e. The molecular formula is C11H7N5. The molecule has 3 aromatic rings. The molecule has 0 N–H and O–H groups in total. The Bertz CT molecular complexity index is 618. The summed E-state index contributed by atoms with van der Waals surface area (Å²) in [4.78, 5) is 20.9. The molecule has 0 amide bonds. The molecule has 3 heterocycles. The number of fused-ring (bicyclic) bond motifs is 1. The second-order valence-electron chi connectivity index (χ2n) is 3.17. The number of pyridine rings is 1. The summed E-state index contributed by atoms with van der Waals surface area (Å²) in [5.74, 6) is 0. The Kier molecular flexibility index (Phi) is 2.00. The first-order valence-corrected chi connectivity index (χ1v) is 4.78. The number of nitrogens with zero attached hydrogens (tertiary/aromatic N) is 5. The Morgan fingerprint density at radius 3 is 2.56 bits per heavy atom. The van der Waals surface area contributed by atoms with Crippen LogP contribution in [-0.2, 0) is 0 Å². The van der Waals surface area contributed by atoms with Gasteiger partial charge in [-0.2, -0.15) is 0 Å². The van der Waals surface area contributed by atoms with Crippen molar-refractivity contribution in [2.24, 2.45) is 0 Å². The van der Waals surface area contributed by atoms with Crippen LogP contribution in [0.2, 0.25) is 0 Å². The predicted octanol–water partition coefficient (Wildman–Crippen LogP) is 1.48. The van der Waals surface area contributed by atoms with Crippen LogP contribution in [0, 0.1) is 0 Å². The summed E-state index contributed by atoms with van der Waals surface area (Å²) in [6.07, 6.45) is 6.43. The van der Waals surface area contributed by atoms with E-state index in [1.807, 2.05) is 18.2 Å². The number of hydrogen-bond acceptors (Lipinski definition) is 5. The van der Waals surface area contributed by atoms with Gasteiger partial charge in [-0.1, -0.05) is 6.07 Å². The van der Waals surface area contributed by atoms with Crippen molar-refractivity contribution in [3.63, 3.8) is 0 Å². The van der Waals surface area contributed by atoms with Gasteiger partial charge in [-0.05, 0) is 12.1 Å². The third-order valence-corrected chi connectivity index (χ3v) is 2.18. The molecule has 0 unspecified atom stereocenters. The Morgan fingerprint density at radius 2 is 1.69 bits per heavy atom. The number of rotatable bonds is 1. The molecule has 76 valence electrons. The van der Waals surface area contributed by atoms with Crippen LogP contribution in [0.5, 0.6) is 0 Å². The van der Waals surface area contributed by atoms with Gasteiger partial charge in [0, 0.05) is 18.6 Å². The first-order chi connectivity index (χ1) is 7.95. The molecule has 5 heteroatoms. The van der Waals surface area contributed by atoms with E-state index in [2.05, 4.69) is 24.9 Å². The zero-order valence-electron chi connectivity index (χ0n) is 8.28. The van der Waals surface area contributed by atoms with Crippen LogP contribution in [-0.4, -0.2) is 24.9 Å². The van der Waals surface area contributed by atoms with Gasteiger partial charge < -0.3 is 0 Å². The van der Waals surface area contributed by atoms with E-state index in [1.165, 1.54) is 6.33 Å². The lowest BCUT2D eigenvalue weighted by Crippen LogP contribution is -1.94. The van der Waals surface area contributed by atoms with E-state index >= 15 is 0 Å². The van der Waals surface area contributed by atoms with E-state index in [0.29, 0.717) is 16.9 Å². The van der Waals surface area contributed by atoms with Crippen molar-refractivity contribution >= 4 is 11.2 Å². The van der Waals surface area contributed by atoms with Gasteiger partial charge in [0.2, 0.25) is 0 Å². The maximum absolute atomic E-state index is 4.24. The minimum atomic E-state index is 0.582. The average molecular weight is 209 g/mol. The van der Waals surface area contributed by atoms with Crippen LogP contribution in [0.15, 0.2) is 43.1 Å². The fourth-order valence-electron chi connectivity index (χ4n) is 1.48. The van der Waals surface area contributed by atoms with E-state index in [0.717, 1.165) is 5.69 Å². The summed E-state index contributed by atoms with van der Waals surface area (Å²) < 4.78 is 0. The second kappa shape index (κ2) is 3.62. The number of hydrogen-bond donors (Lipinski definition) is 0. The molecule has 0 aliphatic heterocycles. The molecule has 5 nitrogen and oxygen atoms in total. The lowest BCUT2D eigenvalue weighted by molar-refractivity contribution is 1.14. The average Bonchev–Trinajstić information content (AvgIpc) is 2.39. The van der Waals surface area contributed by atoms with Crippen molar-refractivity contribution in [1.29, 1.82) is 0 Å². The van der Waals surface area contributed by atoms with E-state index in [1.54, 1.807) is 18.6 Å². The first kappa shape index (κ1) is 8.84. The molecule has 16 heavy (non-hydrogen) atoms. The van der Waals surface area contributed by atoms with Crippen LogP contribution in [0.4, 0.5) is 0 Å². The highest BCUT2D eigenvalue weighted by Crippen LogP contribution is 2.19. The third-order valence-electron chi connectivity index (χ3n) is 2.18. The molecule has 3 rings (SSSR count). The van der Waals surface area contributed by atoms with Gasteiger partial charge >= 0.3 is 0 Å². The molecule has 0 fully saturated rings. The molecule has 0 bridgehead atoms. The summed E-state index contributed by atoms with van der Waals surface area (Å²) in [7, 11) is 0. The van der Waals surface area contributed by atoms with Gasteiger partial charge in [0.1, 0.15) is 17.5 Å². The van der Waals surface area contributed by atoms with Crippen molar-refractivity contribution in [2.75, 3.05) is 0 Å². The second-order valence-corrected chi connectivity index (χ2v) is 3.17. The fourth-order valence-corrected chi connectivity index (χ4v) is 1.48. The quantitative estimate of drug-likeness (QED) is 0.607. The molecule has 0 radical (unpaired) electrons. The van der Waals surface area contributed by atoms with Gasteiger partial charge in [0.05, 0.1) is 5.69 Å². The van der Waals surface area contributed by atoms with Crippen molar-refractivity contribution in [3.05, 3.63) is 43.1 Å². The lowest BCUT2D eigenvalue weighted by Gasteiger charge is -2.01. The van der Waals surface area contributed by atoms with Gasteiger partial charge in [0.15, 0.2) is 5.65 Å². The summed E-state index contributed by atoms with van der Waals surface area (Å²) in [6, 6.07) is 5.65. The van der Waals surface area contributed by atoms with E-state index in [-0.39, 0.29) is 0 Å². The summed E-state index contributed by atoms with van der Waals surface area (Å²) in [6.45, 7) is 0. The normalized spacial score (nSPS) is 10.5. The minimum Gasteiger partial charge on any atom is -0.255 e. The Morgan fingerprint density at radius 1 is 0.750 bits per heavy atom. The maximum Gasteiger partial charge on any atom is 0.181 e. The van der Waals surface area contributed by atoms with Crippen molar-refractivity contribution in [2.45, 2.75) is 0 Å². The summed E-state index contributed by atoms with van der Waals surface area (Å²) in [5, 5.41) is 0. The molecule has 0 saturated heterocycles. The number of aromatic nitrogens is 5. The minimum absolute atomic E-state index is 0.582. The maximum atomic E-state index is 4.24. The zero-order chi connectivity index (χ0) is 10.8. The van der Waals surface area contributed by atoms with Crippen molar-refractivity contribution in [3.8, 4) is 11.4 Å². The molecule has 0 aliphatic carbocycles. The summed E-state index contributed by atoms with van der Waals surface area (Å²) >= 11 is 0. The standard InChI is InChI=1S/C11H7N5/c1-2-4-12-8(3-1)9-10-11(16-7-15-9)14-6-5-13-10/h1-7H. The highest BCUT2D eigenvalue weighted by atomic mass is 15.0. The van der Waals surface area contributed by atoms with E-state index < -0.39 is 0 Å². The molecule has 0 atom stereocenters. The van der Waals surface area contributed by atoms with Crippen LogP contribution >= 0.6 is 0 Å². The molecule has 0 spiro atoms. The smallest absolute Gasteiger partial charge is 0.181 e. The Hall–Kier alpha value is -2.43. The SMILES string of the molecule is c1ccc(-c2ncnc3nccnc23)nc1. The summed E-state index contributed by atoms with van der Waals surface area (Å²) in [5.41, 5.74) is 2.73. The topological polar surface area (TPSA) is 64.5 Å². The Labute approximate surface area is 91.3 Å². The molecule has 0 aliphatic rings. The van der Waals surface area contributed by atoms with Gasteiger partial charge in [0.25, 0.3) is 0 Å². The van der Waals surface area contributed by atoms with Crippen molar-refractivity contribution < 1.29 is 0 Å². The Balaban J connectivity index is 2.32. The zero-order valence-corrected chi connectivity index (χ0v) is 8.28. The van der Waals surface area contributed by atoms with Crippen LogP contribution in [0.3, 0.4) is 0 Å². The highest BCUT2D eigenvalue weighted by Gasteiger charge is 2.07. The molecule has 0 saturated carbocycles.